The molecule has 4 atom stereocenters. The lowest BCUT2D eigenvalue weighted by Crippen LogP contribution is -2.53. The van der Waals surface area contributed by atoms with Gasteiger partial charge in [-0.2, -0.15) is 0 Å². The van der Waals surface area contributed by atoms with Gasteiger partial charge in [0, 0.05) is 12.8 Å². The summed E-state index contributed by atoms with van der Waals surface area (Å²) in [5, 5.41) is 71.3. The second-order valence-corrected chi connectivity index (χ2v) is 20.9. The molecule has 0 aliphatic heterocycles. The standard InChI is InChI=1S/C57H104O9.C3H8O3.C3H8O2/c1-4-7-10-13-16-19-22-25-28-31-34-37-40-43-46-49-54(60)64-52(48-45-42-39-36-33-30-27-24-21-18-15-12-9-6-3)56(62)66-57(63,53(59)51-58)65-55(61)50-47-44-41-38-35-32-29-26-23-20-17-14-11-8-5-2;4-1-3(6)2-5;1-3(5)2-4/h25-30,52-53,58-59,63H,4-24,31-51H2,1-3H3;3-6H,1-2H2;3-5H,2H2,1H3/b28-25-,29-26-,30-27-;;. The fourth-order valence-electron chi connectivity index (χ4n) is 8.10. The molecule has 0 aliphatic carbocycles. The number of carbonyl (C=O) groups is 3. The van der Waals surface area contributed by atoms with Crippen molar-refractivity contribution in [2.24, 2.45) is 0 Å². The van der Waals surface area contributed by atoms with Crippen molar-refractivity contribution in [2.45, 2.75) is 321 Å². The van der Waals surface area contributed by atoms with Crippen LogP contribution in [0.2, 0.25) is 0 Å². The molecule has 14 heteroatoms. The normalized spacial score (nSPS) is 13.5. The smallest absolute Gasteiger partial charge is 0.403 e. The van der Waals surface area contributed by atoms with Gasteiger partial charge in [-0.15, -0.1) is 0 Å². The Morgan fingerprint density at radius 2 is 0.701 bits per heavy atom. The summed E-state index contributed by atoms with van der Waals surface area (Å²) in [6, 6.07) is 0. The molecule has 4 unspecified atom stereocenters. The van der Waals surface area contributed by atoms with Gasteiger partial charge in [-0.1, -0.05) is 205 Å². The fourth-order valence-corrected chi connectivity index (χ4v) is 8.10. The molecular weight excluding hydrogens is 981 g/mol. The minimum atomic E-state index is -3.12. The molecule has 0 amide bonds. The second-order valence-electron chi connectivity index (χ2n) is 20.9. The van der Waals surface area contributed by atoms with Crippen LogP contribution in [0.3, 0.4) is 0 Å². The molecule has 0 rings (SSSR count). The van der Waals surface area contributed by atoms with E-state index in [-0.39, 0.29) is 39.1 Å². The SMILES string of the molecule is CC(O)CO.CCCCCCCC/C=C\CCCCCCCC(=O)OC(CCCCCC/C=C\CCCCCCCC)C(=O)OC(O)(OC(=O)CCCCCCC/C=C\CCCCCCCC)C(O)CO.OCC(O)CO. The van der Waals surface area contributed by atoms with Crippen molar-refractivity contribution in [2.75, 3.05) is 26.4 Å². The number of hydrogen-bond donors (Lipinski definition) is 8. The van der Waals surface area contributed by atoms with Crippen LogP contribution in [0.15, 0.2) is 36.5 Å². The Kier molecular flexibility index (Phi) is 63.8. The van der Waals surface area contributed by atoms with Gasteiger partial charge in [0.1, 0.15) is 6.10 Å². The molecule has 14 nitrogen and oxygen atoms in total. The number of aliphatic hydroxyl groups excluding tert-OH is 7. The minimum Gasteiger partial charge on any atom is -0.450 e. The Balaban J connectivity index is -0.00000447. The van der Waals surface area contributed by atoms with E-state index >= 15 is 0 Å². The van der Waals surface area contributed by atoms with E-state index in [0.717, 1.165) is 109 Å². The van der Waals surface area contributed by atoms with Gasteiger partial charge in [0.25, 0.3) is 0 Å². The zero-order chi connectivity index (χ0) is 57.7. The van der Waals surface area contributed by atoms with Crippen molar-refractivity contribution >= 4 is 17.9 Å². The summed E-state index contributed by atoms with van der Waals surface area (Å²) in [7, 11) is 0. The Bertz CT molecular complexity index is 1340. The van der Waals surface area contributed by atoms with E-state index in [2.05, 4.69) is 57.2 Å². The van der Waals surface area contributed by atoms with Crippen molar-refractivity contribution < 1.29 is 69.4 Å². The molecule has 0 aromatic carbocycles. The lowest BCUT2D eigenvalue weighted by molar-refractivity contribution is -0.366. The van der Waals surface area contributed by atoms with Crippen LogP contribution in [-0.4, -0.2) is 116 Å². The van der Waals surface area contributed by atoms with Crippen LogP contribution < -0.4 is 0 Å². The van der Waals surface area contributed by atoms with Crippen molar-refractivity contribution in [1.29, 1.82) is 0 Å². The predicted octanol–water partition coefficient (Wildman–Crippen LogP) is 13.4. The highest BCUT2D eigenvalue weighted by molar-refractivity contribution is 5.80. The van der Waals surface area contributed by atoms with Crippen LogP contribution in [0.25, 0.3) is 0 Å². The number of allylic oxidation sites excluding steroid dienone is 6. The Hall–Kier alpha value is -2.69. The van der Waals surface area contributed by atoms with Crippen molar-refractivity contribution in [1.82, 2.24) is 0 Å². The molecule has 0 aliphatic rings. The topological polar surface area (TPSA) is 241 Å². The highest BCUT2D eigenvalue weighted by atomic mass is 16.9. The van der Waals surface area contributed by atoms with E-state index in [1.54, 1.807) is 0 Å². The van der Waals surface area contributed by atoms with Crippen LogP contribution in [-0.2, 0) is 28.6 Å². The highest BCUT2D eigenvalue weighted by Gasteiger charge is 2.46. The van der Waals surface area contributed by atoms with Crippen molar-refractivity contribution in [3.63, 3.8) is 0 Å². The minimum absolute atomic E-state index is 0.0568. The molecule has 0 heterocycles. The maximum absolute atomic E-state index is 13.5. The van der Waals surface area contributed by atoms with Crippen LogP contribution >= 0.6 is 0 Å². The third-order valence-electron chi connectivity index (χ3n) is 13.1. The highest BCUT2D eigenvalue weighted by Crippen LogP contribution is 2.22. The Morgan fingerprint density at radius 3 is 1.00 bits per heavy atom. The van der Waals surface area contributed by atoms with E-state index in [1.807, 2.05) is 0 Å². The van der Waals surface area contributed by atoms with Gasteiger partial charge in [-0.05, 0) is 110 Å². The first-order chi connectivity index (χ1) is 37.3. The van der Waals surface area contributed by atoms with E-state index in [0.29, 0.717) is 19.3 Å². The monoisotopic (exact) mass is 1100 g/mol. The van der Waals surface area contributed by atoms with Gasteiger partial charge in [0.05, 0.1) is 32.5 Å². The predicted molar refractivity (Wildman–Crippen MR) is 313 cm³/mol. The summed E-state index contributed by atoms with van der Waals surface area (Å²) in [4.78, 5) is 39.3. The maximum atomic E-state index is 13.5. The number of hydrogen-bond acceptors (Lipinski definition) is 14. The van der Waals surface area contributed by atoms with Gasteiger partial charge >= 0.3 is 23.9 Å². The lowest BCUT2D eigenvalue weighted by atomic mass is 10.1. The summed E-state index contributed by atoms with van der Waals surface area (Å²) in [6.07, 6.45) is 51.2. The molecule has 0 spiro atoms. The van der Waals surface area contributed by atoms with E-state index < -0.39 is 54.9 Å². The first-order valence-electron chi connectivity index (χ1n) is 31.1. The first kappa shape index (κ1) is 78.5. The molecule has 0 saturated carbocycles. The van der Waals surface area contributed by atoms with Gasteiger partial charge < -0.3 is 55.1 Å². The van der Waals surface area contributed by atoms with Gasteiger partial charge in [0.15, 0.2) is 12.2 Å². The summed E-state index contributed by atoms with van der Waals surface area (Å²) in [5.41, 5.74) is 0. The summed E-state index contributed by atoms with van der Waals surface area (Å²) >= 11 is 0. The maximum Gasteiger partial charge on any atom is 0.403 e. The van der Waals surface area contributed by atoms with Gasteiger partial charge in [-0.25, -0.2) is 4.79 Å². The number of esters is 3. The third kappa shape index (κ3) is 59.3. The zero-order valence-corrected chi connectivity index (χ0v) is 49.6. The van der Waals surface area contributed by atoms with E-state index in [1.165, 1.54) is 122 Å². The average molecular weight is 1100 g/mol. The van der Waals surface area contributed by atoms with E-state index in [9.17, 15) is 29.7 Å². The lowest BCUT2D eigenvalue weighted by Gasteiger charge is -2.31. The van der Waals surface area contributed by atoms with Gasteiger partial charge in [0.2, 0.25) is 0 Å². The molecule has 0 saturated heterocycles. The molecule has 0 bridgehead atoms. The largest absolute Gasteiger partial charge is 0.450 e. The zero-order valence-electron chi connectivity index (χ0n) is 49.6. The molecule has 77 heavy (non-hydrogen) atoms. The average Bonchev–Trinajstić information content (AvgIpc) is 3.42. The molecule has 0 radical (unpaired) electrons. The molecule has 8 N–H and O–H groups in total. The molecule has 0 fully saturated rings. The third-order valence-corrected chi connectivity index (χ3v) is 13.1. The van der Waals surface area contributed by atoms with E-state index in [4.69, 9.17) is 39.7 Å². The number of ether oxygens (including phenoxy) is 3. The molecular formula is C63H120O14. The summed E-state index contributed by atoms with van der Waals surface area (Å²) in [6.45, 7) is 6.35. The fraction of sp³-hybridized carbons (Fsp3) is 0.857. The second kappa shape index (κ2) is 62.5. The molecule has 0 aromatic heterocycles. The molecule has 456 valence electrons. The number of aliphatic hydroxyl groups is 8. The first-order valence-corrected chi connectivity index (χ1v) is 31.1. The molecule has 0 aromatic rings. The summed E-state index contributed by atoms with van der Waals surface area (Å²) in [5.74, 6) is -5.67. The Labute approximate surface area is 469 Å². The van der Waals surface area contributed by atoms with Crippen LogP contribution in [0.4, 0.5) is 0 Å². The van der Waals surface area contributed by atoms with Crippen molar-refractivity contribution in [3.8, 4) is 0 Å². The van der Waals surface area contributed by atoms with Crippen LogP contribution in [0.5, 0.6) is 0 Å². The Morgan fingerprint density at radius 1 is 0.403 bits per heavy atom. The number of rotatable bonds is 53. The van der Waals surface area contributed by atoms with Crippen LogP contribution in [0, 0.1) is 0 Å². The summed E-state index contributed by atoms with van der Waals surface area (Å²) < 4.78 is 16.0. The number of unbranched alkanes of at least 4 members (excludes halogenated alkanes) is 32. The van der Waals surface area contributed by atoms with Crippen molar-refractivity contribution in [3.05, 3.63) is 36.5 Å². The van der Waals surface area contributed by atoms with Gasteiger partial charge in [-0.3, -0.25) is 9.59 Å². The quantitative estimate of drug-likeness (QED) is 0.0122. The number of carbonyl (C=O) groups excluding carboxylic acids is 3. The van der Waals surface area contributed by atoms with Crippen LogP contribution in [0.1, 0.15) is 291 Å².